The molecule has 6 heteroatoms. The molecule has 2 heterocycles. The van der Waals surface area contributed by atoms with Gasteiger partial charge in [-0.1, -0.05) is 24.3 Å². The Morgan fingerprint density at radius 3 is 2.58 bits per heavy atom. The number of carboxylic acid groups (broad SMARTS) is 1. The predicted molar refractivity (Wildman–Crippen MR) is 137 cm³/mol. The first-order valence-corrected chi connectivity index (χ1v) is 12.5. The summed E-state index contributed by atoms with van der Waals surface area (Å²) in [6, 6.07) is 18.3. The molecule has 0 saturated carbocycles. The number of benzene rings is 3. The molecule has 2 aliphatic heterocycles. The lowest BCUT2D eigenvalue weighted by atomic mass is 9.94. The van der Waals surface area contributed by atoms with Gasteiger partial charge in [-0.3, -0.25) is 4.79 Å². The molecular weight excluding hydrogens is 456 g/mol. The molecule has 2 unspecified atom stereocenters. The molecule has 0 amide bonds. The van der Waals surface area contributed by atoms with Crippen LogP contribution in [-0.2, 0) is 16.1 Å². The van der Waals surface area contributed by atoms with Gasteiger partial charge in [0.15, 0.2) is 0 Å². The van der Waals surface area contributed by atoms with Crippen molar-refractivity contribution >= 4 is 5.97 Å². The van der Waals surface area contributed by atoms with Gasteiger partial charge in [-0.05, 0) is 72.4 Å². The Hall–Kier alpha value is -3.51. The molecule has 2 aliphatic rings. The van der Waals surface area contributed by atoms with Crippen LogP contribution < -0.4 is 14.2 Å². The molecule has 0 aromatic heterocycles. The highest BCUT2D eigenvalue weighted by molar-refractivity contribution is 5.72. The molecule has 36 heavy (non-hydrogen) atoms. The predicted octanol–water partition coefficient (Wildman–Crippen LogP) is 5.92. The fourth-order valence-corrected chi connectivity index (χ4v) is 5.10. The summed E-state index contributed by atoms with van der Waals surface area (Å²) >= 11 is 0. The van der Waals surface area contributed by atoms with Gasteiger partial charge in [0.05, 0.1) is 26.2 Å². The van der Waals surface area contributed by atoms with E-state index in [2.05, 4.69) is 50.2 Å². The van der Waals surface area contributed by atoms with E-state index < -0.39 is 5.97 Å². The standard InChI is InChI=1S/C30H32O6/c1-19-10-26(35-17-22-8-9-33-15-22)11-20(2)30(19)23-5-3-4-21(12-23)16-34-25-6-7-27-24(13-29(31)32)18-36-28(27)14-25/h3-7,10-12,14,22,24H,8-9,13,15-18H2,1-2H3,(H,31,32). The highest BCUT2D eigenvalue weighted by atomic mass is 16.5. The van der Waals surface area contributed by atoms with Crippen molar-refractivity contribution in [3.63, 3.8) is 0 Å². The molecule has 1 N–H and O–H groups in total. The van der Waals surface area contributed by atoms with Gasteiger partial charge in [-0.25, -0.2) is 0 Å². The van der Waals surface area contributed by atoms with Gasteiger partial charge in [0, 0.05) is 30.1 Å². The Labute approximate surface area is 211 Å². The summed E-state index contributed by atoms with van der Waals surface area (Å²) in [4.78, 5) is 11.1. The van der Waals surface area contributed by atoms with Crippen molar-refractivity contribution in [3.8, 4) is 28.4 Å². The minimum atomic E-state index is -0.816. The van der Waals surface area contributed by atoms with Crippen LogP contribution in [0.25, 0.3) is 11.1 Å². The van der Waals surface area contributed by atoms with Crippen LogP contribution in [0, 0.1) is 19.8 Å². The SMILES string of the molecule is Cc1cc(OCC2CCOC2)cc(C)c1-c1cccc(COc2ccc3c(c2)OCC3CC(=O)O)c1. The zero-order valence-electron chi connectivity index (χ0n) is 20.8. The van der Waals surface area contributed by atoms with E-state index >= 15 is 0 Å². The fraction of sp³-hybridized carbons (Fsp3) is 0.367. The van der Waals surface area contributed by atoms with Gasteiger partial charge in [-0.2, -0.15) is 0 Å². The second kappa shape index (κ2) is 10.6. The molecule has 0 radical (unpaired) electrons. The number of hydrogen-bond donors (Lipinski definition) is 1. The number of carbonyl (C=O) groups is 1. The molecule has 3 aromatic rings. The highest BCUT2D eigenvalue weighted by Crippen LogP contribution is 2.38. The average molecular weight is 489 g/mol. The van der Waals surface area contributed by atoms with E-state index in [9.17, 15) is 4.79 Å². The average Bonchev–Trinajstić information content (AvgIpc) is 3.51. The number of hydrogen-bond acceptors (Lipinski definition) is 5. The van der Waals surface area contributed by atoms with Crippen LogP contribution in [0.3, 0.4) is 0 Å². The van der Waals surface area contributed by atoms with Gasteiger partial charge in [0.2, 0.25) is 0 Å². The molecular formula is C30H32O6. The molecule has 0 spiro atoms. The Balaban J connectivity index is 1.25. The van der Waals surface area contributed by atoms with Crippen molar-refractivity contribution in [1.82, 2.24) is 0 Å². The number of aryl methyl sites for hydroxylation is 2. The molecule has 0 bridgehead atoms. The lowest BCUT2D eigenvalue weighted by molar-refractivity contribution is -0.137. The summed E-state index contributed by atoms with van der Waals surface area (Å²) in [5, 5.41) is 9.09. The van der Waals surface area contributed by atoms with E-state index in [1.807, 2.05) is 18.2 Å². The highest BCUT2D eigenvalue weighted by Gasteiger charge is 2.26. The molecule has 1 fully saturated rings. The maximum atomic E-state index is 11.1. The largest absolute Gasteiger partial charge is 0.493 e. The Morgan fingerprint density at radius 2 is 1.83 bits per heavy atom. The van der Waals surface area contributed by atoms with Gasteiger partial charge < -0.3 is 24.1 Å². The van der Waals surface area contributed by atoms with Crippen LogP contribution in [0.4, 0.5) is 0 Å². The minimum absolute atomic E-state index is 0.0708. The monoisotopic (exact) mass is 488 g/mol. The minimum Gasteiger partial charge on any atom is -0.493 e. The van der Waals surface area contributed by atoms with Crippen LogP contribution in [0.15, 0.2) is 54.6 Å². The summed E-state index contributed by atoms with van der Waals surface area (Å²) in [6.45, 7) is 7.38. The second-order valence-electron chi connectivity index (χ2n) is 9.77. The van der Waals surface area contributed by atoms with E-state index in [1.54, 1.807) is 0 Å². The maximum Gasteiger partial charge on any atom is 0.304 e. The number of ether oxygens (including phenoxy) is 4. The van der Waals surface area contributed by atoms with E-state index in [4.69, 9.17) is 24.1 Å². The molecule has 1 saturated heterocycles. The first-order chi connectivity index (χ1) is 17.5. The topological polar surface area (TPSA) is 74.2 Å². The summed E-state index contributed by atoms with van der Waals surface area (Å²) < 4.78 is 23.3. The van der Waals surface area contributed by atoms with E-state index in [-0.39, 0.29) is 12.3 Å². The zero-order valence-corrected chi connectivity index (χ0v) is 20.8. The molecule has 5 rings (SSSR count). The third kappa shape index (κ3) is 5.49. The smallest absolute Gasteiger partial charge is 0.304 e. The lowest BCUT2D eigenvalue weighted by Crippen LogP contribution is -2.11. The van der Waals surface area contributed by atoms with Gasteiger partial charge in [0.1, 0.15) is 23.9 Å². The van der Waals surface area contributed by atoms with Crippen LogP contribution >= 0.6 is 0 Å². The molecule has 3 aromatic carbocycles. The third-order valence-electron chi connectivity index (χ3n) is 6.92. The Morgan fingerprint density at radius 1 is 1.00 bits per heavy atom. The van der Waals surface area contributed by atoms with Crippen LogP contribution in [-0.4, -0.2) is 37.5 Å². The van der Waals surface area contributed by atoms with Crippen LogP contribution in [0.2, 0.25) is 0 Å². The summed E-state index contributed by atoms with van der Waals surface area (Å²) in [5.41, 5.74) is 6.72. The van der Waals surface area contributed by atoms with Gasteiger partial charge >= 0.3 is 5.97 Å². The second-order valence-corrected chi connectivity index (χ2v) is 9.77. The van der Waals surface area contributed by atoms with Crippen LogP contribution in [0.5, 0.6) is 17.2 Å². The van der Waals surface area contributed by atoms with E-state index in [0.717, 1.165) is 42.1 Å². The van der Waals surface area contributed by atoms with Gasteiger partial charge in [0.25, 0.3) is 0 Å². The van der Waals surface area contributed by atoms with E-state index in [1.165, 1.54) is 16.7 Å². The van der Waals surface area contributed by atoms with Crippen molar-refractivity contribution in [2.24, 2.45) is 5.92 Å². The number of aliphatic carboxylic acids is 1. The fourth-order valence-electron chi connectivity index (χ4n) is 5.10. The summed E-state index contributed by atoms with van der Waals surface area (Å²) in [5.74, 6) is 1.87. The summed E-state index contributed by atoms with van der Waals surface area (Å²) in [7, 11) is 0. The third-order valence-corrected chi connectivity index (χ3v) is 6.92. The first-order valence-electron chi connectivity index (χ1n) is 12.5. The summed E-state index contributed by atoms with van der Waals surface area (Å²) in [6.07, 6.45) is 1.13. The number of carboxylic acids is 1. The number of fused-ring (bicyclic) bond motifs is 1. The molecule has 6 nitrogen and oxygen atoms in total. The Kier molecular flexibility index (Phi) is 7.14. The maximum absolute atomic E-state index is 11.1. The van der Waals surface area contributed by atoms with Crippen molar-refractivity contribution in [2.75, 3.05) is 26.4 Å². The number of rotatable bonds is 9. The molecule has 0 aliphatic carbocycles. The first kappa shape index (κ1) is 24.2. The normalized spacial score (nSPS) is 18.5. The molecule has 188 valence electrons. The van der Waals surface area contributed by atoms with Crippen LogP contribution in [0.1, 0.15) is 41.0 Å². The van der Waals surface area contributed by atoms with Crippen molar-refractivity contribution in [3.05, 3.63) is 76.9 Å². The molecule has 2 atom stereocenters. The lowest BCUT2D eigenvalue weighted by Gasteiger charge is -2.16. The Bertz CT molecular complexity index is 1220. The van der Waals surface area contributed by atoms with Crippen molar-refractivity contribution in [2.45, 2.75) is 39.2 Å². The van der Waals surface area contributed by atoms with Crippen molar-refractivity contribution in [1.29, 1.82) is 0 Å². The quantitative estimate of drug-likeness (QED) is 0.403. The van der Waals surface area contributed by atoms with Gasteiger partial charge in [-0.15, -0.1) is 0 Å². The van der Waals surface area contributed by atoms with E-state index in [0.29, 0.717) is 37.2 Å². The zero-order chi connectivity index (χ0) is 25.1. The van der Waals surface area contributed by atoms with Crippen molar-refractivity contribution < 1.29 is 28.8 Å².